The first-order valence-electron chi connectivity index (χ1n) is 13.8. The summed E-state index contributed by atoms with van der Waals surface area (Å²) in [5, 5.41) is 2.49. The molecule has 192 valence electrons. The van der Waals surface area contributed by atoms with Crippen LogP contribution in [0.5, 0.6) is 0 Å². The Balaban J connectivity index is 1.39. The minimum atomic E-state index is 1.13. The second kappa shape index (κ2) is 9.91. The lowest BCUT2D eigenvalue weighted by atomic mass is 10.0. The van der Waals surface area contributed by atoms with E-state index in [9.17, 15) is 0 Å². The van der Waals surface area contributed by atoms with E-state index in [2.05, 4.69) is 169 Å². The van der Waals surface area contributed by atoms with E-state index in [1.165, 1.54) is 49.7 Å². The van der Waals surface area contributed by atoms with Crippen LogP contribution in [0.4, 0.5) is 17.1 Å². The second-order valence-electron chi connectivity index (χ2n) is 10.5. The van der Waals surface area contributed by atoms with E-state index < -0.39 is 0 Å². The molecule has 0 bridgehead atoms. The molecule has 0 spiro atoms. The Bertz CT molecular complexity index is 1930. The number of benzene rings is 6. The van der Waals surface area contributed by atoms with E-state index in [1.54, 1.807) is 0 Å². The first-order chi connectivity index (χ1) is 19.7. The summed E-state index contributed by atoms with van der Waals surface area (Å²) >= 11 is 0. The number of hydrogen-bond acceptors (Lipinski definition) is 1. The van der Waals surface area contributed by atoms with Crippen molar-refractivity contribution >= 4 is 38.9 Å². The van der Waals surface area contributed by atoms with Crippen LogP contribution in [0, 0.1) is 13.8 Å². The van der Waals surface area contributed by atoms with Crippen LogP contribution < -0.4 is 4.90 Å². The van der Waals surface area contributed by atoms with Gasteiger partial charge >= 0.3 is 0 Å². The highest BCUT2D eigenvalue weighted by molar-refractivity contribution is 6.10. The van der Waals surface area contributed by atoms with Crippen molar-refractivity contribution in [3.63, 3.8) is 0 Å². The van der Waals surface area contributed by atoms with Crippen molar-refractivity contribution in [3.8, 4) is 16.8 Å². The fourth-order valence-electron chi connectivity index (χ4n) is 5.65. The molecule has 0 saturated heterocycles. The number of hydrogen-bond donors (Lipinski definition) is 0. The zero-order chi connectivity index (χ0) is 27.1. The summed E-state index contributed by atoms with van der Waals surface area (Å²) in [4.78, 5) is 2.35. The summed E-state index contributed by atoms with van der Waals surface area (Å²) in [5.74, 6) is 0. The Morgan fingerprint density at radius 3 is 1.60 bits per heavy atom. The summed E-state index contributed by atoms with van der Waals surface area (Å²) in [6, 6.07) is 52.6. The molecule has 0 saturated carbocycles. The van der Waals surface area contributed by atoms with Gasteiger partial charge in [0.1, 0.15) is 0 Å². The molecule has 2 nitrogen and oxygen atoms in total. The molecule has 0 aliphatic heterocycles. The maximum atomic E-state index is 2.36. The highest BCUT2D eigenvalue weighted by Gasteiger charge is 2.17. The Kier molecular flexibility index (Phi) is 5.94. The topological polar surface area (TPSA) is 8.17 Å². The average molecular weight is 515 g/mol. The van der Waals surface area contributed by atoms with E-state index in [4.69, 9.17) is 0 Å². The third-order valence-electron chi connectivity index (χ3n) is 7.73. The third-order valence-corrected chi connectivity index (χ3v) is 7.73. The van der Waals surface area contributed by atoms with Gasteiger partial charge in [0.2, 0.25) is 0 Å². The molecule has 0 N–H and O–H groups in total. The van der Waals surface area contributed by atoms with Crippen LogP contribution in [0.15, 0.2) is 146 Å². The molecule has 2 heteroatoms. The number of para-hydroxylation sites is 2. The van der Waals surface area contributed by atoms with Crippen LogP contribution in [0.25, 0.3) is 38.6 Å². The van der Waals surface area contributed by atoms with Crippen LogP contribution in [-0.4, -0.2) is 4.57 Å². The van der Waals surface area contributed by atoms with Crippen molar-refractivity contribution in [3.05, 3.63) is 157 Å². The molecule has 0 aliphatic carbocycles. The minimum absolute atomic E-state index is 1.13. The molecule has 1 heterocycles. The molecule has 1 aromatic heterocycles. The summed E-state index contributed by atoms with van der Waals surface area (Å²) < 4.78 is 2.36. The fourth-order valence-corrected chi connectivity index (χ4v) is 5.65. The average Bonchev–Trinajstić information content (AvgIpc) is 3.33. The zero-order valence-corrected chi connectivity index (χ0v) is 22.8. The molecule has 0 radical (unpaired) electrons. The van der Waals surface area contributed by atoms with E-state index in [0.717, 1.165) is 17.1 Å². The molecular formula is C38H30N2. The van der Waals surface area contributed by atoms with Crippen LogP contribution in [0.3, 0.4) is 0 Å². The Morgan fingerprint density at radius 2 is 0.925 bits per heavy atom. The van der Waals surface area contributed by atoms with Crippen LogP contribution in [0.2, 0.25) is 0 Å². The monoisotopic (exact) mass is 514 g/mol. The maximum absolute atomic E-state index is 2.36. The van der Waals surface area contributed by atoms with Crippen LogP contribution in [-0.2, 0) is 0 Å². The van der Waals surface area contributed by atoms with Gasteiger partial charge in [-0.2, -0.15) is 0 Å². The first kappa shape index (κ1) is 24.0. The van der Waals surface area contributed by atoms with Gasteiger partial charge in [-0.3, -0.25) is 0 Å². The Morgan fingerprint density at radius 1 is 0.425 bits per heavy atom. The summed E-state index contributed by atoms with van der Waals surface area (Å²) in [6.45, 7) is 4.26. The first-order valence-corrected chi connectivity index (χ1v) is 13.8. The molecule has 0 atom stereocenters. The smallest absolute Gasteiger partial charge is 0.0542 e. The molecule has 0 unspecified atom stereocenters. The molecule has 0 aliphatic rings. The van der Waals surface area contributed by atoms with E-state index >= 15 is 0 Å². The van der Waals surface area contributed by atoms with Crippen molar-refractivity contribution in [2.75, 3.05) is 4.90 Å². The molecule has 7 rings (SSSR count). The highest BCUT2D eigenvalue weighted by atomic mass is 15.1. The predicted octanol–water partition coefficient (Wildman–Crippen LogP) is 10.5. The Hall–Kier alpha value is -5.08. The lowest BCUT2D eigenvalue weighted by molar-refractivity contribution is 1.18. The molecule has 0 fully saturated rings. The summed E-state index contributed by atoms with van der Waals surface area (Å²) in [6.07, 6.45) is 0. The number of anilines is 3. The van der Waals surface area contributed by atoms with Crippen molar-refractivity contribution in [1.29, 1.82) is 0 Å². The highest BCUT2D eigenvalue weighted by Crippen LogP contribution is 2.40. The zero-order valence-electron chi connectivity index (χ0n) is 22.8. The lowest BCUT2D eigenvalue weighted by Crippen LogP contribution is -2.10. The third kappa shape index (κ3) is 4.24. The summed E-state index contributed by atoms with van der Waals surface area (Å²) in [5.41, 5.74) is 12.0. The second-order valence-corrected chi connectivity index (χ2v) is 10.5. The van der Waals surface area contributed by atoms with Crippen molar-refractivity contribution in [2.45, 2.75) is 13.8 Å². The van der Waals surface area contributed by atoms with Crippen molar-refractivity contribution < 1.29 is 0 Å². The largest absolute Gasteiger partial charge is 0.310 e. The molecule has 0 amide bonds. The van der Waals surface area contributed by atoms with Crippen molar-refractivity contribution in [1.82, 2.24) is 4.57 Å². The van der Waals surface area contributed by atoms with E-state index in [-0.39, 0.29) is 0 Å². The lowest BCUT2D eigenvalue weighted by Gasteiger charge is -2.26. The predicted molar refractivity (Wildman–Crippen MR) is 170 cm³/mol. The standard InChI is InChI=1S/C38H30N2/c1-27-12-16-29(17-13-27)30-18-22-33(23-19-30)39(32-20-14-28(2)15-21-32)34-24-25-38-36(26-34)35-10-6-7-11-37(35)40(38)31-8-4-3-5-9-31/h3-26H,1-2H3. The molecule has 6 aromatic carbocycles. The number of rotatable bonds is 5. The van der Waals surface area contributed by atoms with E-state index in [1.807, 2.05) is 0 Å². The van der Waals surface area contributed by atoms with Crippen LogP contribution in [0.1, 0.15) is 11.1 Å². The number of aryl methyl sites for hydroxylation is 2. The van der Waals surface area contributed by atoms with Gasteiger partial charge in [0.05, 0.1) is 11.0 Å². The Labute approximate surface area is 235 Å². The van der Waals surface area contributed by atoms with Gasteiger partial charge < -0.3 is 9.47 Å². The van der Waals surface area contributed by atoms with Gasteiger partial charge in [0.25, 0.3) is 0 Å². The van der Waals surface area contributed by atoms with Crippen molar-refractivity contribution in [2.24, 2.45) is 0 Å². The van der Waals surface area contributed by atoms with E-state index in [0.29, 0.717) is 0 Å². The maximum Gasteiger partial charge on any atom is 0.0542 e. The minimum Gasteiger partial charge on any atom is -0.310 e. The van der Waals surface area contributed by atoms with Crippen LogP contribution >= 0.6 is 0 Å². The number of fused-ring (bicyclic) bond motifs is 3. The van der Waals surface area contributed by atoms with Gasteiger partial charge in [0, 0.05) is 33.5 Å². The number of aromatic nitrogens is 1. The van der Waals surface area contributed by atoms with Gasteiger partial charge in [0.15, 0.2) is 0 Å². The quantitative estimate of drug-likeness (QED) is 0.222. The molecule has 40 heavy (non-hydrogen) atoms. The SMILES string of the molecule is Cc1ccc(-c2ccc(N(c3ccc(C)cc3)c3ccc4c(c3)c3ccccc3n4-c3ccccc3)cc2)cc1. The normalized spacial score (nSPS) is 11.2. The molecular weight excluding hydrogens is 484 g/mol. The number of nitrogens with zero attached hydrogens (tertiary/aromatic N) is 2. The fraction of sp³-hybridized carbons (Fsp3) is 0.0526. The van der Waals surface area contributed by atoms with Gasteiger partial charge in [-0.15, -0.1) is 0 Å². The summed E-state index contributed by atoms with van der Waals surface area (Å²) in [7, 11) is 0. The molecule has 7 aromatic rings. The van der Waals surface area contributed by atoms with Gasteiger partial charge in [-0.1, -0.05) is 96.1 Å². The van der Waals surface area contributed by atoms with Gasteiger partial charge in [-0.05, 0) is 85.6 Å². The van der Waals surface area contributed by atoms with Gasteiger partial charge in [-0.25, -0.2) is 0 Å².